The van der Waals surface area contributed by atoms with Crippen molar-refractivity contribution in [3.05, 3.63) is 45.1 Å². The van der Waals surface area contributed by atoms with Gasteiger partial charge >= 0.3 is 6.03 Å². The third-order valence-corrected chi connectivity index (χ3v) is 7.75. The standard InChI is InChI=1S/C23H26N4O4S2/c1-4-24-22(30)25-19(28)13(2)32-23-26-20-18(14-9-5-8-12-17(14)33-20)21(29)27(23)15-10-6-7-11-16(15)31-3/h6-7,10-11,13H,4-5,8-9,12H2,1-3H3,(H2,24,25,28,30)/t13-/m1/s1. The number of carbonyl (C=O) groups is 2. The Morgan fingerprint density at radius 1 is 1.27 bits per heavy atom. The highest BCUT2D eigenvalue weighted by molar-refractivity contribution is 8.00. The number of para-hydroxylation sites is 2. The number of hydrogen-bond acceptors (Lipinski definition) is 7. The monoisotopic (exact) mass is 486 g/mol. The number of fused-ring (bicyclic) bond motifs is 3. The minimum absolute atomic E-state index is 0.164. The van der Waals surface area contributed by atoms with Crippen molar-refractivity contribution in [2.75, 3.05) is 13.7 Å². The molecule has 2 aromatic heterocycles. The van der Waals surface area contributed by atoms with Crippen molar-refractivity contribution in [3.8, 4) is 11.4 Å². The molecule has 0 saturated carbocycles. The van der Waals surface area contributed by atoms with Crippen LogP contribution in [0.15, 0.2) is 34.2 Å². The molecule has 0 fully saturated rings. The second-order valence-electron chi connectivity index (χ2n) is 7.71. The number of hydrogen-bond donors (Lipinski definition) is 2. The molecule has 3 aromatic rings. The van der Waals surface area contributed by atoms with Gasteiger partial charge in [0.2, 0.25) is 5.91 Å². The van der Waals surface area contributed by atoms with Gasteiger partial charge in [0.15, 0.2) is 5.16 Å². The average molecular weight is 487 g/mol. The molecular weight excluding hydrogens is 460 g/mol. The maximum atomic E-state index is 13.9. The van der Waals surface area contributed by atoms with Gasteiger partial charge in [-0.2, -0.15) is 0 Å². The fourth-order valence-electron chi connectivity index (χ4n) is 3.92. The molecule has 8 nitrogen and oxygen atoms in total. The molecule has 174 valence electrons. The largest absolute Gasteiger partial charge is 0.495 e. The normalized spacial score (nSPS) is 13.9. The summed E-state index contributed by atoms with van der Waals surface area (Å²) >= 11 is 2.70. The Kier molecular flexibility index (Phi) is 7.04. The number of nitrogens with one attached hydrogen (secondary N) is 2. The lowest BCUT2D eigenvalue weighted by Gasteiger charge is -2.17. The summed E-state index contributed by atoms with van der Waals surface area (Å²) in [5.41, 5.74) is 1.50. The molecular formula is C23H26N4O4S2. The second kappa shape index (κ2) is 9.96. The van der Waals surface area contributed by atoms with Gasteiger partial charge in [-0.05, 0) is 57.2 Å². The Morgan fingerprint density at radius 3 is 2.79 bits per heavy atom. The number of amides is 3. The van der Waals surface area contributed by atoms with E-state index in [1.165, 1.54) is 9.44 Å². The fourth-order valence-corrected chi connectivity index (χ4v) is 6.14. The van der Waals surface area contributed by atoms with E-state index in [-0.39, 0.29) is 5.56 Å². The number of urea groups is 1. The molecule has 1 aromatic carbocycles. The Labute approximate surface area is 199 Å². The lowest BCUT2D eigenvalue weighted by Crippen LogP contribution is -2.42. The van der Waals surface area contributed by atoms with Gasteiger partial charge in [-0.1, -0.05) is 23.9 Å². The zero-order chi connectivity index (χ0) is 23.5. The second-order valence-corrected chi connectivity index (χ2v) is 10.1. The third kappa shape index (κ3) is 4.63. The minimum atomic E-state index is -0.660. The van der Waals surface area contributed by atoms with Crippen LogP contribution in [0.3, 0.4) is 0 Å². The summed E-state index contributed by atoms with van der Waals surface area (Å²) in [7, 11) is 1.55. The van der Waals surface area contributed by atoms with E-state index in [2.05, 4.69) is 10.6 Å². The molecule has 10 heteroatoms. The van der Waals surface area contributed by atoms with Crippen LogP contribution in [0, 0.1) is 0 Å². The highest BCUT2D eigenvalue weighted by atomic mass is 32.2. The van der Waals surface area contributed by atoms with Gasteiger partial charge in [0.1, 0.15) is 10.6 Å². The predicted octanol–water partition coefficient (Wildman–Crippen LogP) is 3.66. The number of imide groups is 1. The molecule has 3 amide bonds. The Bertz CT molecular complexity index is 1270. The molecule has 0 saturated heterocycles. The Morgan fingerprint density at radius 2 is 2.03 bits per heavy atom. The lowest BCUT2D eigenvalue weighted by molar-refractivity contribution is -0.119. The van der Waals surface area contributed by atoms with Crippen molar-refractivity contribution in [3.63, 3.8) is 0 Å². The highest BCUT2D eigenvalue weighted by Gasteiger charge is 2.26. The van der Waals surface area contributed by atoms with Crippen molar-refractivity contribution in [1.29, 1.82) is 0 Å². The minimum Gasteiger partial charge on any atom is -0.495 e. The maximum absolute atomic E-state index is 13.9. The number of thioether (sulfide) groups is 1. The number of thiophene rings is 1. The number of nitrogens with zero attached hydrogens (tertiary/aromatic N) is 2. The SMILES string of the molecule is CCNC(=O)NC(=O)[C@@H](C)Sc1nc2sc3c(c2c(=O)n1-c1ccccc1OC)CCCC3. The zero-order valence-corrected chi connectivity index (χ0v) is 20.4. The van der Waals surface area contributed by atoms with Crippen molar-refractivity contribution in [2.45, 2.75) is 49.9 Å². The molecule has 0 radical (unpaired) electrons. The number of benzene rings is 1. The molecule has 0 aliphatic heterocycles. The average Bonchev–Trinajstić information content (AvgIpc) is 3.18. The molecule has 2 N–H and O–H groups in total. The number of aryl methyl sites for hydroxylation is 2. The van der Waals surface area contributed by atoms with E-state index in [0.29, 0.717) is 33.4 Å². The van der Waals surface area contributed by atoms with Crippen molar-refractivity contribution in [1.82, 2.24) is 20.2 Å². The van der Waals surface area contributed by atoms with E-state index in [9.17, 15) is 14.4 Å². The number of methoxy groups -OCH3 is 1. The summed E-state index contributed by atoms with van der Waals surface area (Å²) in [5.74, 6) is 0.0727. The van der Waals surface area contributed by atoms with Crippen LogP contribution in [-0.2, 0) is 17.6 Å². The first kappa shape index (κ1) is 23.3. The molecule has 33 heavy (non-hydrogen) atoms. The highest BCUT2D eigenvalue weighted by Crippen LogP contribution is 2.36. The Balaban J connectivity index is 1.83. The molecule has 1 aliphatic carbocycles. The smallest absolute Gasteiger partial charge is 0.321 e. The van der Waals surface area contributed by atoms with Gasteiger partial charge in [-0.3, -0.25) is 19.5 Å². The maximum Gasteiger partial charge on any atom is 0.321 e. The summed E-state index contributed by atoms with van der Waals surface area (Å²) < 4.78 is 7.05. The number of ether oxygens (including phenoxy) is 1. The van der Waals surface area contributed by atoms with Gasteiger partial charge in [-0.15, -0.1) is 11.3 Å². The van der Waals surface area contributed by atoms with E-state index in [0.717, 1.165) is 43.0 Å². The van der Waals surface area contributed by atoms with Gasteiger partial charge in [-0.25, -0.2) is 9.78 Å². The number of carbonyl (C=O) groups excluding carboxylic acids is 2. The molecule has 0 spiro atoms. The summed E-state index contributed by atoms with van der Waals surface area (Å²) in [5, 5.41) is 5.25. The van der Waals surface area contributed by atoms with Crippen molar-refractivity contribution < 1.29 is 14.3 Å². The predicted molar refractivity (Wildman–Crippen MR) is 131 cm³/mol. The quantitative estimate of drug-likeness (QED) is 0.407. The number of rotatable bonds is 6. The summed E-state index contributed by atoms with van der Waals surface area (Å²) in [6.45, 7) is 3.87. The summed E-state index contributed by atoms with van der Waals surface area (Å²) in [6.07, 6.45) is 3.99. The first-order chi connectivity index (χ1) is 15.9. The van der Waals surface area contributed by atoms with Crippen LogP contribution in [0.1, 0.15) is 37.1 Å². The van der Waals surface area contributed by atoms with E-state index in [1.807, 2.05) is 12.1 Å². The molecule has 0 unspecified atom stereocenters. The molecule has 1 atom stereocenters. The first-order valence-corrected chi connectivity index (χ1v) is 12.6. The Hall–Kier alpha value is -2.85. The van der Waals surface area contributed by atoms with Crippen LogP contribution >= 0.6 is 23.1 Å². The molecule has 4 rings (SSSR count). The molecule has 0 bridgehead atoms. The van der Waals surface area contributed by atoms with Crippen LogP contribution in [0.2, 0.25) is 0 Å². The topological polar surface area (TPSA) is 102 Å². The lowest BCUT2D eigenvalue weighted by atomic mass is 9.97. The van der Waals surface area contributed by atoms with Gasteiger partial charge in [0.05, 0.1) is 23.4 Å². The first-order valence-electron chi connectivity index (χ1n) is 10.9. The van der Waals surface area contributed by atoms with Crippen LogP contribution in [0.4, 0.5) is 4.79 Å². The summed E-state index contributed by atoms with van der Waals surface area (Å²) in [4.78, 5) is 45.0. The number of aromatic nitrogens is 2. The van der Waals surface area contributed by atoms with Gasteiger partial charge < -0.3 is 10.1 Å². The zero-order valence-electron chi connectivity index (χ0n) is 18.8. The van der Waals surface area contributed by atoms with E-state index in [4.69, 9.17) is 9.72 Å². The van der Waals surface area contributed by atoms with E-state index in [1.54, 1.807) is 44.4 Å². The van der Waals surface area contributed by atoms with Gasteiger partial charge in [0, 0.05) is 11.4 Å². The van der Waals surface area contributed by atoms with Crippen LogP contribution < -0.4 is 20.9 Å². The van der Waals surface area contributed by atoms with E-state index < -0.39 is 17.2 Å². The van der Waals surface area contributed by atoms with Crippen molar-refractivity contribution >= 4 is 45.3 Å². The van der Waals surface area contributed by atoms with Crippen molar-refractivity contribution in [2.24, 2.45) is 0 Å². The van der Waals surface area contributed by atoms with Crippen LogP contribution in [-0.4, -0.2) is 40.4 Å². The van der Waals surface area contributed by atoms with Crippen LogP contribution in [0.25, 0.3) is 15.9 Å². The molecule has 2 heterocycles. The van der Waals surface area contributed by atoms with Gasteiger partial charge in [0.25, 0.3) is 5.56 Å². The fraction of sp³-hybridized carbons (Fsp3) is 0.391. The van der Waals surface area contributed by atoms with Crippen LogP contribution in [0.5, 0.6) is 5.75 Å². The molecule has 1 aliphatic rings. The third-order valence-electron chi connectivity index (χ3n) is 5.51. The van der Waals surface area contributed by atoms with E-state index >= 15 is 0 Å². The summed E-state index contributed by atoms with van der Waals surface area (Å²) in [6, 6.07) is 6.70.